The highest BCUT2D eigenvalue weighted by atomic mass is 16.1. The largest absolute Gasteiger partial charge is 0.384 e. The van der Waals surface area contributed by atoms with Crippen LogP contribution in [0.1, 0.15) is 43.1 Å². The molecule has 1 aliphatic rings. The molecule has 0 bridgehead atoms. The Morgan fingerprint density at radius 1 is 1.39 bits per heavy atom. The number of rotatable bonds is 7. The van der Waals surface area contributed by atoms with E-state index < -0.39 is 0 Å². The maximum atomic E-state index is 11.8. The highest BCUT2D eigenvalue weighted by molar-refractivity contribution is 5.92. The Morgan fingerprint density at radius 2 is 2.22 bits per heavy atom. The van der Waals surface area contributed by atoms with Crippen molar-refractivity contribution in [2.75, 3.05) is 18.4 Å². The molecule has 4 nitrogen and oxygen atoms in total. The van der Waals surface area contributed by atoms with Crippen molar-refractivity contribution >= 4 is 11.6 Å². The Kier molecular flexibility index (Phi) is 4.56. The standard InChI is InChI=1S/C14H21N3O/c1-2-8-15-12-5-6-13(17-10-12)14(18)16-9-7-11-3-4-11/h5-6,10-11,15H,2-4,7-9H2,1H3,(H,16,18). The topological polar surface area (TPSA) is 54.0 Å². The van der Waals surface area contributed by atoms with Crippen molar-refractivity contribution in [1.82, 2.24) is 10.3 Å². The van der Waals surface area contributed by atoms with Gasteiger partial charge in [-0.1, -0.05) is 19.8 Å². The first-order chi connectivity index (χ1) is 8.79. The number of aromatic nitrogens is 1. The molecule has 1 aromatic rings. The molecule has 18 heavy (non-hydrogen) atoms. The third-order valence-electron chi connectivity index (χ3n) is 3.11. The third-order valence-corrected chi connectivity index (χ3v) is 3.11. The Balaban J connectivity index is 1.77. The summed E-state index contributed by atoms with van der Waals surface area (Å²) >= 11 is 0. The lowest BCUT2D eigenvalue weighted by Gasteiger charge is -2.06. The van der Waals surface area contributed by atoms with Crippen LogP contribution in [0.5, 0.6) is 0 Å². The predicted molar refractivity (Wildman–Crippen MR) is 72.7 cm³/mol. The first kappa shape index (κ1) is 12.9. The van der Waals surface area contributed by atoms with Crippen molar-refractivity contribution in [3.63, 3.8) is 0 Å². The molecule has 1 heterocycles. The zero-order chi connectivity index (χ0) is 12.8. The molecule has 1 saturated carbocycles. The van der Waals surface area contributed by atoms with Gasteiger partial charge < -0.3 is 10.6 Å². The normalized spacial score (nSPS) is 14.3. The molecule has 0 aromatic carbocycles. The number of amides is 1. The summed E-state index contributed by atoms with van der Waals surface area (Å²) in [6.45, 7) is 3.80. The van der Waals surface area contributed by atoms with Crippen LogP contribution in [-0.2, 0) is 0 Å². The fourth-order valence-electron chi connectivity index (χ4n) is 1.79. The number of hydrogen-bond donors (Lipinski definition) is 2. The van der Waals surface area contributed by atoms with E-state index >= 15 is 0 Å². The van der Waals surface area contributed by atoms with Crippen molar-refractivity contribution in [3.8, 4) is 0 Å². The maximum absolute atomic E-state index is 11.8. The highest BCUT2D eigenvalue weighted by Crippen LogP contribution is 2.31. The van der Waals surface area contributed by atoms with Crippen LogP contribution >= 0.6 is 0 Å². The Bertz CT molecular complexity index is 385. The summed E-state index contributed by atoms with van der Waals surface area (Å²) in [6.07, 6.45) is 6.54. The summed E-state index contributed by atoms with van der Waals surface area (Å²) in [5.74, 6) is 0.775. The first-order valence-corrected chi connectivity index (χ1v) is 6.77. The summed E-state index contributed by atoms with van der Waals surface area (Å²) < 4.78 is 0. The van der Waals surface area contributed by atoms with Gasteiger partial charge in [-0.25, -0.2) is 4.98 Å². The summed E-state index contributed by atoms with van der Waals surface area (Å²) in [5.41, 5.74) is 1.46. The van der Waals surface area contributed by atoms with Crippen LogP contribution in [0.3, 0.4) is 0 Å². The van der Waals surface area contributed by atoms with E-state index in [1.807, 2.05) is 6.07 Å². The van der Waals surface area contributed by atoms with Crippen LogP contribution in [0, 0.1) is 5.92 Å². The van der Waals surface area contributed by atoms with Gasteiger partial charge in [0.15, 0.2) is 0 Å². The number of nitrogens with zero attached hydrogens (tertiary/aromatic N) is 1. The second-order valence-corrected chi connectivity index (χ2v) is 4.85. The van der Waals surface area contributed by atoms with Crippen LogP contribution in [0.4, 0.5) is 5.69 Å². The Labute approximate surface area is 108 Å². The molecule has 0 spiro atoms. The zero-order valence-corrected chi connectivity index (χ0v) is 10.9. The van der Waals surface area contributed by atoms with E-state index in [0.717, 1.165) is 37.5 Å². The van der Waals surface area contributed by atoms with Gasteiger partial charge in [0.1, 0.15) is 5.69 Å². The first-order valence-electron chi connectivity index (χ1n) is 6.77. The van der Waals surface area contributed by atoms with E-state index in [4.69, 9.17) is 0 Å². The number of anilines is 1. The average Bonchev–Trinajstić information content (AvgIpc) is 3.21. The molecule has 2 rings (SSSR count). The van der Waals surface area contributed by atoms with Crippen molar-refractivity contribution in [2.24, 2.45) is 5.92 Å². The van der Waals surface area contributed by atoms with Gasteiger partial charge in [-0.05, 0) is 30.9 Å². The number of carbonyl (C=O) groups is 1. The fraction of sp³-hybridized carbons (Fsp3) is 0.571. The average molecular weight is 247 g/mol. The molecule has 4 heteroatoms. The molecule has 1 fully saturated rings. The van der Waals surface area contributed by atoms with Crippen LogP contribution in [0.15, 0.2) is 18.3 Å². The molecule has 1 amide bonds. The molecule has 2 N–H and O–H groups in total. The minimum Gasteiger partial charge on any atom is -0.384 e. The number of pyridine rings is 1. The smallest absolute Gasteiger partial charge is 0.269 e. The Hall–Kier alpha value is -1.58. The quantitative estimate of drug-likeness (QED) is 0.778. The lowest BCUT2D eigenvalue weighted by molar-refractivity contribution is 0.0948. The molecule has 0 unspecified atom stereocenters. The van der Waals surface area contributed by atoms with Crippen LogP contribution in [0.2, 0.25) is 0 Å². The van der Waals surface area contributed by atoms with Gasteiger partial charge in [-0.2, -0.15) is 0 Å². The SMILES string of the molecule is CCCNc1ccc(C(=O)NCCC2CC2)nc1. The third kappa shape index (κ3) is 4.02. The number of carbonyl (C=O) groups excluding carboxylic acids is 1. The molecular formula is C14H21N3O. The molecule has 0 radical (unpaired) electrons. The summed E-state index contributed by atoms with van der Waals surface area (Å²) in [7, 11) is 0. The minimum absolute atomic E-state index is 0.0716. The molecule has 0 aliphatic heterocycles. The Morgan fingerprint density at radius 3 is 2.83 bits per heavy atom. The van der Waals surface area contributed by atoms with Crippen molar-refractivity contribution in [1.29, 1.82) is 0 Å². The van der Waals surface area contributed by atoms with E-state index in [2.05, 4.69) is 22.5 Å². The van der Waals surface area contributed by atoms with Gasteiger partial charge in [0.25, 0.3) is 5.91 Å². The molecule has 1 aromatic heterocycles. The van der Waals surface area contributed by atoms with Crippen molar-refractivity contribution < 1.29 is 4.79 Å². The molecule has 1 aliphatic carbocycles. The predicted octanol–water partition coefficient (Wildman–Crippen LogP) is 2.43. The van der Waals surface area contributed by atoms with Crippen LogP contribution in [-0.4, -0.2) is 24.0 Å². The molecular weight excluding hydrogens is 226 g/mol. The molecule has 98 valence electrons. The number of hydrogen-bond acceptors (Lipinski definition) is 3. The van der Waals surface area contributed by atoms with Gasteiger partial charge in [-0.15, -0.1) is 0 Å². The lowest BCUT2D eigenvalue weighted by Crippen LogP contribution is -2.25. The second kappa shape index (κ2) is 6.38. The maximum Gasteiger partial charge on any atom is 0.269 e. The van der Waals surface area contributed by atoms with Gasteiger partial charge in [0.05, 0.1) is 11.9 Å². The fourth-order valence-corrected chi connectivity index (χ4v) is 1.79. The lowest BCUT2D eigenvalue weighted by atomic mass is 10.2. The van der Waals surface area contributed by atoms with Gasteiger partial charge >= 0.3 is 0 Å². The van der Waals surface area contributed by atoms with E-state index in [0.29, 0.717) is 5.69 Å². The number of nitrogens with one attached hydrogen (secondary N) is 2. The summed E-state index contributed by atoms with van der Waals surface area (Å²) in [6, 6.07) is 3.67. The summed E-state index contributed by atoms with van der Waals surface area (Å²) in [4.78, 5) is 15.9. The van der Waals surface area contributed by atoms with Gasteiger partial charge in [-0.3, -0.25) is 4.79 Å². The zero-order valence-electron chi connectivity index (χ0n) is 10.9. The van der Waals surface area contributed by atoms with Crippen LogP contribution in [0.25, 0.3) is 0 Å². The molecule has 0 atom stereocenters. The summed E-state index contributed by atoms with van der Waals surface area (Å²) in [5, 5.41) is 6.14. The van der Waals surface area contributed by atoms with E-state index in [1.54, 1.807) is 12.3 Å². The van der Waals surface area contributed by atoms with Crippen molar-refractivity contribution in [2.45, 2.75) is 32.6 Å². The van der Waals surface area contributed by atoms with E-state index in [1.165, 1.54) is 12.8 Å². The monoisotopic (exact) mass is 247 g/mol. The van der Waals surface area contributed by atoms with Gasteiger partial charge in [0, 0.05) is 13.1 Å². The molecule has 0 saturated heterocycles. The minimum atomic E-state index is -0.0716. The van der Waals surface area contributed by atoms with E-state index in [9.17, 15) is 4.79 Å². The van der Waals surface area contributed by atoms with E-state index in [-0.39, 0.29) is 5.91 Å². The highest BCUT2D eigenvalue weighted by Gasteiger charge is 2.20. The van der Waals surface area contributed by atoms with Crippen molar-refractivity contribution in [3.05, 3.63) is 24.0 Å². The van der Waals surface area contributed by atoms with Crippen LogP contribution < -0.4 is 10.6 Å². The second-order valence-electron chi connectivity index (χ2n) is 4.85. The van der Waals surface area contributed by atoms with Gasteiger partial charge in [0.2, 0.25) is 0 Å².